The predicted octanol–water partition coefficient (Wildman–Crippen LogP) is 4.31. The molecular weight excluding hydrogens is 273 g/mol. The second kappa shape index (κ2) is 5.97. The van der Waals surface area contributed by atoms with E-state index in [9.17, 15) is 13.2 Å². The van der Waals surface area contributed by atoms with Gasteiger partial charge in [-0.1, -0.05) is 12.1 Å². The fourth-order valence-electron chi connectivity index (χ4n) is 1.48. The molecule has 0 aliphatic rings. The summed E-state index contributed by atoms with van der Waals surface area (Å²) in [5, 5.41) is 3.14. The molecule has 0 bridgehead atoms. The summed E-state index contributed by atoms with van der Waals surface area (Å²) in [6.07, 6.45) is 3.36. The van der Waals surface area contributed by atoms with Gasteiger partial charge in [0, 0.05) is 23.8 Å². The van der Waals surface area contributed by atoms with E-state index in [1.807, 2.05) is 12.1 Å². The smallest absolute Gasteiger partial charge is 0.380 e. The second-order valence-corrected chi connectivity index (χ2v) is 4.93. The lowest BCUT2D eigenvalue weighted by molar-refractivity contribution is -0.0328. The molecule has 0 unspecified atom stereocenters. The molecule has 100 valence electrons. The van der Waals surface area contributed by atoms with Crippen molar-refractivity contribution in [2.75, 3.05) is 5.32 Å². The summed E-state index contributed by atoms with van der Waals surface area (Å²) in [4.78, 5) is 4.15. The van der Waals surface area contributed by atoms with Gasteiger partial charge in [0.05, 0.1) is 5.69 Å². The highest BCUT2D eigenvalue weighted by Crippen LogP contribution is 2.36. The monoisotopic (exact) mass is 284 g/mol. The van der Waals surface area contributed by atoms with E-state index in [4.69, 9.17) is 0 Å². The van der Waals surface area contributed by atoms with Crippen molar-refractivity contribution in [3.8, 4) is 0 Å². The lowest BCUT2D eigenvalue weighted by Gasteiger charge is -2.08. The minimum Gasteiger partial charge on any atom is -0.380 e. The van der Waals surface area contributed by atoms with E-state index in [0.717, 1.165) is 11.3 Å². The van der Waals surface area contributed by atoms with Gasteiger partial charge in [0.2, 0.25) is 0 Å². The van der Waals surface area contributed by atoms with Crippen LogP contribution >= 0.6 is 11.8 Å². The van der Waals surface area contributed by atoms with Crippen molar-refractivity contribution >= 4 is 17.4 Å². The molecule has 19 heavy (non-hydrogen) atoms. The zero-order valence-corrected chi connectivity index (χ0v) is 10.6. The van der Waals surface area contributed by atoms with E-state index in [0.29, 0.717) is 6.54 Å². The molecule has 1 heterocycles. The Balaban J connectivity index is 1.92. The second-order valence-electron chi connectivity index (χ2n) is 3.79. The molecule has 2 aromatic rings. The Hall–Kier alpha value is -1.69. The van der Waals surface area contributed by atoms with E-state index >= 15 is 0 Å². The molecule has 1 aromatic carbocycles. The van der Waals surface area contributed by atoms with Crippen LogP contribution in [0.1, 0.15) is 5.56 Å². The highest BCUT2D eigenvalue weighted by molar-refractivity contribution is 8.00. The SMILES string of the molecule is FC(F)(F)Sc1ccc(CNc2cccnc2)cc1. The third kappa shape index (κ3) is 4.82. The first-order valence-corrected chi connectivity index (χ1v) is 6.33. The molecule has 6 heteroatoms. The Kier molecular flexibility index (Phi) is 4.31. The van der Waals surface area contributed by atoms with Crippen LogP contribution in [0.5, 0.6) is 0 Å². The predicted molar refractivity (Wildman–Crippen MR) is 69.9 cm³/mol. The number of nitrogens with one attached hydrogen (secondary N) is 1. The van der Waals surface area contributed by atoms with Crippen LogP contribution in [0.15, 0.2) is 53.7 Å². The van der Waals surface area contributed by atoms with Gasteiger partial charge in [-0.3, -0.25) is 4.98 Å². The number of hydrogen-bond acceptors (Lipinski definition) is 3. The summed E-state index contributed by atoms with van der Waals surface area (Å²) in [6, 6.07) is 9.98. The Morgan fingerprint density at radius 1 is 1.11 bits per heavy atom. The zero-order valence-electron chi connectivity index (χ0n) is 9.82. The number of halogens is 3. The molecule has 1 aromatic heterocycles. The van der Waals surface area contributed by atoms with Crippen LogP contribution in [0, 0.1) is 0 Å². The van der Waals surface area contributed by atoms with Crippen molar-refractivity contribution in [1.82, 2.24) is 4.98 Å². The number of aromatic nitrogens is 1. The molecule has 0 saturated heterocycles. The largest absolute Gasteiger partial charge is 0.446 e. The molecule has 0 atom stereocenters. The molecule has 2 nitrogen and oxygen atoms in total. The van der Waals surface area contributed by atoms with Crippen molar-refractivity contribution in [3.63, 3.8) is 0 Å². The van der Waals surface area contributed by atoms with Gasteiger partial charge in [-0.05, 0) is 41.6 Å². The van der Waals surface area contributed by atoms with Crippen LogP contribution in [0.25, 0.3) is 0 Å². The van der Waals surface area contributed by atoms with Gasteiger partial charge in [-0.2, -0.15) is 13.2 Å². The van der Waals surface area contributed by atoms with Crippen LogP contribution in [0.4, 0.5) is 18.9 Å². The first-order chi connectivity index (χ1) is 9.03. The van der Waals surface area contributed by atoms with Crippen LogP contribution < -0.4 is 5.32 Å². The highest BCUT2D eigenvalue weighted by atomic mass is 32.2. The van der Waals surface area contributed by atoms with Crippen LogP contribution in [-0.4, -0.2) is 10.5 Å². The number of rotatable bonds is 4. The number of benzene rings is 1. The van der Waals surface area contributed by atoms with E-state index in [2.05, 4.69) is 10.3 Å². The Morgan fingerprint density at radius 3 is 2.42 bits per heavy atom. The molecule has 0 aliphatic heterocycles. The maximum atomic E-state index is 12.2. The number of pyridine rings is 1. The average Bonchev–Trinajstić information content (AvgIpc) is 2.37. The van der Waals surface area contributed by atoms with Gasteiger partial charge < -0.3 is 5.32 Å². The molecule has 0 fully saturated rings. The molecular formula is C13H11F3N2S. The van der Waals surface area contributed by atoms with Crippen molar-refractivity contribution < 1.29 is 13.2 Å². The Labute approximate surface area is 113 Å². The molecule has 0 spiro atoms. The van der Waals surface area contributed by atoms with Crippen molar-refractivity contribution in [2.45, 2.75) is 16.9 Å². The van der Waals surface area contributed by atoms with Crippen molar-refractivity contribution in [3.05, 3.63) is 54.4 Å². The quantitative estimate of drug-likeness (QED) is 0.847. The van der Waals surface area contributed by atoms with Gasteiger partial charge >= 0.3 is 5.51 Å². The van der Waals surface area contributed by atoms with Gasteiger partial charge in [0.1, 0.15) is 0 Å². The number of nitrogens with zero attached hydrogens (tertiary/aromatic N) is 1. The van der Waals surface area contributed by atoms with Gasteiger partial charge in [0.15, 0.2) is 0 Å². The third-order valence-electron chi connectivity index (χ3n) is 2.32. The lowest BCUT2D eigenvalue weighted by atomic mass is 10.2. The molecule has 0 radical (unpaired) electrons. The van der Waals surface area contributed by atoms with Gasteiger partial charge in [0.25, 0.3) is 0 Å². The molecule has 1 N–H and O–H groups in total. The van der Waals surface area contributed by atoms with Gasteiger partial charge in [-0.15, -0.1) is 0 Å². The van der Waals surface area contributed by atoms with Crippen molar-refractivity contribution in [1.29, 1.82) is 0 Å². The number of anilines is 1. The van der Waals surface area contributed by atoms with Crippen LogP contribution in [0.2, 0.25) is 0 Å². The summed E-state index contributed by atoms with van der Waals surface area (Å²) >= 11 is -0.106. The number of hydrogen-bond donors (Lipinski definition) is 1. The number of thioether (sulfide) groups is 1. The van der Waals surface area contributed by atoms with E-state index in [-0.39, 0.29) is 16.7 Å². The first-order valence-electron chi connectivity index (χ1n) is 5.51. The normalized spacial score (nSPS) is 11.3. The minimum absolute atomic E-state index is 0.106. The lowest BCUT2D eigenvalue weighted by Crippen LogP contribution is -2.01. The Morgan fingerprint density at radius 2 is 1.84 bits per heavy atom. The molecule has 0 aliphatic carbocycles. The Bertz CT molecular complexity index is 512. The van der Waals surface area contributed by atoms with Crippen molar-refractivity contribution in [2.24, 2.45) is 0 Å². The van der Waals surface area contributed by atoms with E-state index < -0.39 is 5.51 Å². The summed E-state index contributed by atoms with van der Waals surface area (Å²) < 4.78 is 36.5. The third-order valence-corrected chi connectivity index (χ3v) is 3.05. The fourth-order valence-corrected chi connectivity index (χ4v) is 2.02. The summed E-state index contributed by atoms with van der Waals surface area (Å²) in [6.45, 7) is 0.544. The average molecular weight is 284 g/mol. The first kappa shape index (κ1) is 13.7. The maximum Gasteiger partial charge on any atom is 0.446 e. The fraction of sp³-hybridized carbons (Fsp3) is 0.154. The highest BCUT2D eigenvalue weighted by Gasteiger charge is 2.28. The minimum atomic E-state index is -4.24. The van der Waals surface area contributed by atoms with Crippen LogP contribution in [0.3, 0.4) is 0 Å². The molecule has 2 rings (SSSR count). The summed E-state index contributed by atoms with van der Waals surface area (Å²) in [5.41, 5.74) is -2.46. The molecule has 0 amide bonds. The molecule has 0 saturated carbocycles. The maximum absolute atomic E-state index is 12.2. The number of alkyl halides is 3. The summed E-state index contributed by atoms with van der Waals surface area (Å²) in [7, 11) is 0. The van der Waals surface area contributed by atoms with E-state index in [1.54, 1.807) is 24.5 Å². The van der Waals surface area contributed by atoms with E-state index in [1.165, 1.54) is 12.1 Å². The topological polar surface area (TPSA) is 24.9 Å². The van der Waals surface area contributed by atoms with Gasteiger partial charge in [-0.25, -0.2) is 0 Å². The summed E-state index contributed by atoms with van der Waals surface area (Å²) in [5.74, 6) is 0. The zero-order chi connectivity index (χ0) is 13.7. The van der Waals surface area contributed by atoms with Crippen LogP contribution in [-0.2, 0) is 6.54 Å². The standard InChI is InChI=1S/C13H11F3N2S/c14-13(15,16)19-12-5-3-10(4-6-12)8-18-11-2-1-7-17-9-11/h1-7,9,18H,8H2.